The van der Waals surface area contributed by atoms with Crippen molar-refractivity contribution in [1.29, 1.82) is 0 Å². The number of thiophene rings is 2. The van der Waals surface area contributed by atoms with E-state index in [1.807, 2.05) is 22.7 Å². The average Bonchev–Trinajstić information content (AvgIpc) is 3.98. The van der Waals surface area contributed by atoms with Gasteiger partial charge in [-0.15, -0.1) is 22.7 Å². The Morgan fingerprint density at radius 2 is 0.950 bits per heavy atom. The van der Waals surface area contributed by atoms with Crippen molar-refractivity contribution in [2.45, 2.75) is 0 Å². The highest BCUT2D eigenvalue weighted by atomic mass is 32.1. The highest BCUT2D eigenvalue weighted by Gasteiger charge is 2.24. The summed E-state index contributed by atoms with van der Waals surface area (Å²) in [6.45, 7) is 0. The van der Waals surface area contributed by atoms with Crippen molar-refractivity contribution in [3.63, 3.8) is 0 Å². The molecule has 11 aromatic carbocycles. The van der Waals surface area contributed by atoms with E-state index in [4.69, 9.17) is 0 Å². The van der Waals surface area contributed by atoms with Crippen LogP contribution in [-0.4, -0.2) is 4.57 Å². The van der Waals surface area contributed by atoms with E-state index in [-0.39, 0.29) is 0 Å². The zero-order valence-electron chi connectivity index (χ0n) is 32.2. The van der Waals surface area contributed by atoms with E-state index in [1.54, 1.807) is 0 Å². The topological polar surface area (TPSA) is 8.17 Å². The lowest BCUT2D eigenvalue weighted by Crippen LogP contribution is -2.10. The van der Waals surface area contributed by atoms with Crippen LogP contribution in [0.15, 0.2) is 194 Å². The fourth-order valence-corrected chi connectivity index (χ4v) is 12.5. The Kier molecular flexibility index (Phi) is 6.62. The number of hydrogen-bond donors (Lipinski definition) is 0. The van der Waals surface area contributed by atoms with Crippen molar-refractivity contribution in [3.8, 4) is 5.69 Å². The summed E-state index contributed by atoms with van der Waals surface area (Å²) in [5.41, 5.74) is 7.02. The lowest BCUT2D eigenvalue weighted by molar-refractivity contribution is 1.18. The Bertz CT molecular complexity index is 4090. The number of rotatable bonds is 4. The molecule has 0 saturated heterocycles. The van der Waals surface area contributed by atoms with Gasteiger partial charge in [-0.1, -0.05) is 127 Å². The zero-order valence-corrected chi connectivity index (χ0v) is 33.8. The van der Waals surface area contributed by atoms with Gasteiger partial charge < -0.3 is 9.47 Å². The summed E-state index contributed by atoms with van der Waals surface area (Å²) in [6.07, 6.45) is 0. The van der Waals surface area contributed by atoms with Crippen LogP contribution in [-0.2, 0) is 0 Å². The molecule has 0 aliphatic rings. The first kappa shape index (κ1) is 32.7. The monoisotopic (exact) mass is 796 g/mol. The van der Waals surface area contributed by atoms with Gasteiger partial charge in [-0.2, -0.15) is 0 Å². The van der Waals surface area contributed by atoms with E-state index in [0.29, 0.717) is 0 Å². The van der Waals surface area contributed by atoms with Gasteiger partial charge in [0.15, 0.2) is 0 Å². The first-order chi connectivity index (χ1) is 29.7. The third kappa shape index (κ3) is 4.57. The van der Waals surface area contributed by atoms with Crippen LogP contribution in [0, 0.1) is 0 Å². The molecule has 3 heterocycles. The molecular formula is C56H32N2S2. The van der Waals surface area contributed by atoms with Crippen molar-refractivity contribution in [1.82, 2.24) is 4.57 Å². The maximum atomic E-state index is 2.53. The summed E-state index contributed by atoms with van der Waals surface area (Å²) in [5, 5.41) is 18.0. The van der Waals surface area contributed by atoms with Crippen LogP contribution in [0.5, 0.6) is 0 Å². The van der Waals surface area contributed by atoms with Gasteiger partial charge in [0.05, 0.1) is 11.0 Å². The number of anilines is 3. The van der Waals surface area contributed by atoms with Gasteiger partial charge in [0.2, 0.25) is 0 Å². The van der Waals surface area contributed by atoms with Gasteiger partial charge in [0.1, 0.15) is 0 Å². The van der Waals surface area contributed by atoms with E-state index in [1.165, 1.54) is 111 Å². The molecule has 0 bridgehead atoms. The molecule has 14 rings (SSSR count). The fraction of sp³-hybridized carbons (Fsp3) is 0. The van der Waals surface area contributed by atoms with Crippen LogP contribution < -0.4 is 4.90 Å². The molecule has 0 atom stereocenters. The summed E-state index contributed by atoms with van der Waals surface area (Å²) in [5.74, 6) is 0. The standard InChI is InChI=1S/C56H32N2S2/c1-3-12-36-27-39(21-17-33(36)9-1)57(41-23-25-45-52(31-41)59-51-26-20-35-11-5-6-14-43(35)54(45)51)42-29-38-19-24-46-55-49(32-47-44-15-7-8-16-50(44)60-56(46)47)58(48(30-42)53(38)55)40-22-18-34-10-2-4-13-37(34)28-40/h1-32H. The molecule has 0 saturated carbocycles. The predicted octanol–water partition coefficient (Wildman–Crippen LogP) is 17.0. The molecule has 2 nitrogen and oxygen atoms in total. The quantitative estimate of drug-likeness (QED) is 0.161. The van der Waals surface area contributed by atoms with Crippen molar-refractivity contribution in [3.05, 3.63) is 194 Å². The first-order valence-electron chi connectivity index (χ1n) is 20.5. The number of nitrogens with zero attached hydrogens (tertiary/aromatic N) is 2. The fourth-order valence-electron chi connectivity index (χ4n) is 10.1. The molecule has 278 valence electrons. The van der Waals surface area contributed by atoms with Crippen molar-refractivity contribution < 1.29 is 0 Å². The normalized spacial score (nSPS) is 12.3. The third-order valence-corrected chi connectivity index (χ3v) is 15.2. The van der Waals surface area contributed by atoms with Crippen LogP contribution in [0.4, 0.5) is 17.1 Å². The first-order valence-corrected chi connectivity index (χ1v) is 22.1. The minimum atomic E-state index is 1.13. The van der Waals surface area contributed by atoms with Gasteiger partial charge in [-0.25, -0.2) is 0 Å². The molecule has 0 fully saturated rings. The summed E-state index contributed by atoms with van der Waals surface area (Å²) in [6, 6.07) is 72.6. The molecule has 0 N–H and O–H groups in total. The molecular weight excluding hydrogens is 765 g/mol. The predicted molar refractivity (Wildman–Crippen MR) is 262 cm³/mol. The maximum Gasteiger partial charge on any atom is 0.0568 e. The molecule has 0 amide bonds. The molecule has 0 aliphatic carbocycles. The van der Waals surface area contributed by atoms with Gasteiger partial charge in [-0.05, 0) is 104 Å². The molecule has 4 heteroatoms. The number of aromatic nitrogens is 1. The Labute approximate surface area is 352 Å². The Hall–Kier alpha value is -7.24. The van der Waals surface area contributed by atoms with E-state index in [0.717, 1.165) is 17.1 Å². The zero-order chi connectivity index (χ0) is 39.1. The summed E-state index contributed by atoms with van der Waals surface area (Å²) < 4.78 is 7.82. The van der Waals surface area contributed by atoms with Crippen LogP contribution in [0.1, 0.15) is 0 Å². The summed E-state index contributed by atoms with van der Waals surface area (Å²) in [7, 11) is 0. The van der Waals surface area contributed by atoms with Gasteiger partial charge in [0.25, 0.3) is 0 Å². The van der Waals surface area contributed by atoms with E-state index in [9.17, 15) is 0 Å². The lowest BCUT2D eigenvalue weighted by atomic mass is 9.99. The molecule has 60 heavy (non-hydrogen) atoms. The number of fused-ring (bicyclic) bond motifs is 11. The second kappa shape index (κ2) is 12.2. The Morgan fingerprint density at radius 1 is 0.317 bits per heavy atom. The van der Waals surface area contributed by atoms with Crippen LogP contribution in [0.25, 0.3) is 111 Å². The SMILES string of the molecule is c1ccc2cc(N(c3ccc4c(c3)sc3ccc5ccccc5c34)c3cc4ccc5c6sc7ccccc7c6cc6c5c4c(c3)n6-c3ccc4ccccc4c3)ccc2c1. The molecule has 0 aliphatic heterocycles. The lowest BCUT2D eigenvalue weighted by Gasteiger charge is -2.26. The third-order valence-electron chi connectivity index (χ3n) is 12.8. The number of benzene rings is 11. The molecule has 0 spiro atoms. The summed E-state index contributed by atoms with van der Waals surface area (Å²) in [4.78, 5) is 2.47. The van der Waals surface area contributed by atoms with E-state index < -0.39 is 0 Å². The van der Waals surface area contributed by atoms with Crippen LogP contribution >= 0.6 is 22.7 Å². The van der Waals surface area contributed by atoms with E-state index >= 15 is 0 Å². The Morgan fingerprint density at radius 3 is 1.82 bits per heavy atom. The average molecular weight is 797 g/mol. The minimum Gasteiger partial charge on any atom is -0.310 e. The maximum absolute atomic E-state index is 2.53. The number of hydrogen-bond acceptors (Lipinski definition) is 3. The molecule has 14 aromatic rings. The summed E-state index contributed by atoms with van der Waals surface area (Å²) >= 11 is 3.79. The van der Waals surface area contributed by atoms with Gasteiger partial charge in [0, 0.05) is 79.3 Å². The van der Waals surface area contributed by atoms with Crippen LogP contribution in [0.3, 0.4) is 0 Å². The van der Waals surface area contributed by atoms with Gasteiger partial charge in [-0.3, -0.25) is 0 Å². The van der Waals surface area contributed by atoms with Gasteiger partial charge >= 0.3 is 0 Å². The van der Waals surface area contributed by atoms with Crippen molar-refractivity contribution in [2.24, 2.45) is 0 Å². The van der Waals surface area contributed by atoms with Crippen molar-refractivity contribution in [2.75, 3.05) is 4.90 Å². The second-order valence-electron chi connectivity index (χ2n) is 16.1. The van der Waals surface area contributed by atoms with Crippen LogP contribution in [0.2, 0.25) is 0 Å². The Balaban J connectivity index is 1.08. The minimum absolute atomic E-state index is 1.13. The second-order valence-corrected chi connectivity index (χ2v) is 18.2. The van der Waals surface area contributed by atoms with Crippen molar-refractivity contribution >= 4 is 145 Å². The highest BCUT2D eigenvalue weighted by Crippen LogP contribution is 2.49. The molecule has 0 unspecified atom stereocenters. The van der Waals surface area contributed by atoms with E-state index in [2.05, 4.69) is 204 Å². The smallest absolute Gasteiger partial charge is 0.0568 e. The highest BCUT2D eigenvalue weighted by molar-refractivity contribution is 7.27. The largest absolute Gasteiger partial charge is 0.310 e. The molecule has 3 aromatic heterocycles. The molecule has 0 radical (unpaired) electrons.